The van der Waals surface area contributed by atoms with Crippen LogP contribution in [0.5, 0.6) is 0 Å². The molecule has 0 spiro atoms. The molecule has 0 fully saturated rings. The van der Waals surface area contributed by atoms with Crippen molar-refractivity contribution in [1.29, 1.82) is 0 Å². The lowest BCUT2D eigenvalue weighted by atomic mass is 9.97. The van der Waals surface area contributed by atoms with Crippen LogP contribution < -0.4 is 4.72 Å². The standard InChI is InChI=1S/C24H26N2O4S2/c1-15(2)21-9-8-20(12-22(21)24(27)28)32(29,30)26-19-7-10-23(25-13-19)31-14-18-6-5-16(3)11-17(18)4/h5-13,15,26H,14H2,1-4H3,(H,27,28). The summed E-state index contributed by atoms with van der Waals surface area (Å²) in [5.74, 6) is -0.425. The lowest BCUT2D eigenvalue weighted by Crippen LogP contribution is -2.15. The molecule has 0 bridgehead atoms. The highest BCUT2D eigenvalue weighted by Gasteiger charge is 2.20. The van der Waals surface area contributed by atoms with E-state index in [4.69, 9.17) is 0 Å². The molecule has 0 aliphatic heterocycles. The lowest BCUT2D eigenvalue weighted by molar-refractivity contribution is 0.0695. The summed E-state index contributed by atoms with van der Waals surface area (Å²) >= 11 is 1.57. The van der Waals surface area contributed by atoms with E-state index in [1.807, 2.05) is 13.8 Å². The number of aromatic carboxylic acids is 1. The van der Waals surface area contributed by atoms with Crippen molar-refractivity contribution in [3.63, 3.8) is 0 Å². The van der Waals surface area contributed by atoms with Crippen molar-refractivity contribution < 1.29 is 18.3 Å². The molecule has 168 valence electrons. The van der Waals surface area contributed by atoms with Crippen LogP contribution >= 0.6 is 11.8 Å². The van der Waals surface area contributed by atoms with Crippen LogP contribution in [0.4, 0.5) is 5.69 Å². The summed E-state index contributed by atoms with van der Waals surface area (Å²) in [6.45, 7) is 7.86. The number of pyridine rings is 1. The van der Waals surface area contributed by atoms with Gasteiger partial charge < -0.3 is 5.11 Å². The Morgan fingerprint density at radius 3 is 2.44 bits per heavy atom. The monoisotopic (exact) mass is 470 g/mol. The van der Waals surface area contributed by atoms with Gasteiger partial charge in [-0.3, -0.25) is 4.72 Å². The zero-order chi connectivity index (χ0) is 23.5. The number of aryl methyl sites for hydroxylation is 2. The number of nitrogens with one attached hydrogen (secondary N) is 1. The zero-order valence-electron chi connectivity index (χ0n) is 18.4. The second-order valence-corrected chi connectivity index (χ2v) is 10.6. The number of carboxylic acids is 1. The summed E-state index contributed by atoms with van der Waals surface area (Å²) in [7, 11) is -3.95. The molecule has 0 atom stereocenters. The fraction of sp³-hybridized carbons (Fsp3) is 0.250. The van der Waals surface area contributed by atoms with Gasteiger partial charge >= 0.3 is 5.97 Å². The Balaban J connectivity index is 1.73. The third-order valence-electron chi connectivity index (χ3n) is 5.05. The highest BCUT2D eigenvalue weighted by Crippen LogP contribution is 2.26. The van der Waals surface area contributed by atoms with Crippen LogP contribution in [0, 0.1) is 13.8 Å². The van der Waals surface area contributed by atoms with E-state index in [9.17, 15) is 18.3 Å². The molecule has 0 aliphatic carbocycles. The first kappa shape index (κ1) is 23.8. The van der Waals surface area contributed by atoms with Crippen molar-refractivity contribution in [1.82, 2.24) is 4.98 Å². The Morgan fingerprint density at radius 2 is 1.84 bits per heavy atom. The second-order valence-electron chi connectivity index (χ2n) is 7.92. The number of hydrogen-bond donors (Lipinski definition) is 2. The Hall–Kier alpha value is -2.84. The number of hydrogen-bond acceptors (Lipinski definition) is 5. The molecule has 0 radical (unpaired) electrons. The topological polar surface area (TPSA) is 96.4 Å². The molecule has 3 rings (SSSR count). The highest BCUT2D eigenvalue weighted by atomic mass is 32.2. The molecule has 32 heavy (non-hydrogen) atoms. The molecule has 2 N–H and O–H groups in total. The van der Waals surface area contributed by atoms with Gasteiger partial charge in [0.05, 0.1) is 27.4 Å². The van der Waals surface area contributed by atoms with Gasteiger partial charge in [0.1, 0.15) is 0 Å². The van der Waals surface area contributed by atoms with Gasteiger partial charge in [-0.05, 0) is 60.7 Å². The average Bonchev–Trinajstić information content (AvgIpc) is 2.73. The van der Waals surface area contributed by atoms with Crippen molar-refractivity contribution in [2.45, 2.75) is 49.3 Å². The van der Waals surface area contributed by atoms with Gasteiger partial charge in [-0.1, -0.05) is 43.7 Å². The van der Waals surface area contributed by atoms with Crippen LogP contribution in [0.25, 0.3) is 0 Å². The molecule has 1 heterocycles. The summed E-state index contributed by atoms with van der Waals surface area (Å²) in [5, 5.41) is 10.2. The van der Waals surface area contributed by atoms with E-state index in [2.05, 4.69) is 41.8 Å². The van der Waals surface area contributed by atoms with Crippen molar-refractivity contribution in [3.8, 4) is 0 Å². The van der Waals surface area contributed by atoms with Crippen molar-refractivity contribution in [2.24, 2.45) is 0 Å². The molecule has 0 amide bonds. The molecule has 1 aromatic heterocycles. The number of nitrogens with zero attached hydrogens (tertiary/aromatic N) is 1. The van der Waals surface area contributed by atoms with Gasteiger partial charge in [0.25, 0.3) is 10.0 Å². The van der Waals surface area contributed by atoms with Gasteiger partial charge in [-0.15, -0.1) is 11.8 Å². The quantitative estimate of drug-likeness (QED) is 0.415. The Bertz CT molecular complexity index is 1240. The summed E-state index contributed by atoms with van der Waals surface area (Å²) in [6, 6.07) is 13.9. The lowest BCUT2D eigenvalue weighted by Gasteiger charge is -2.13. The third-order valence-corrected chi connectivity index (χ3v) is 7.42. The number of sulfonamides is 1. The molecule has 0 unspecified atom stereocenters. The van der Waals surface area contributed by atoms with E-state index >= 15 is 0 Å². The van der Waals surface area contributed by atoms with Crippen LogP contribution in [0.2, 0.25) is 0 Å². The molecule has 8 heteroatoms. The summed E-state index contributed by atoms with van der Waals surface area (Å²) < 4.78 is 28.0. The first-order valence-corrected chi connectivity index (χ1v) is 12.6. The van der Waals surface area contributed by atoms with Gasteiger partial charge in [0.2, 0.25) is 0 Å². The van der Waals surface area contributed by atoms with Crippen LogP contribution in [-0.4, -0.2) is 24.5 Å². The van der Waals surface area contributed by atoms with E-state index in [-0.39, 0.29) is 16.4 Å². The van der Waals surface area contributed by atoms with Crippen LogP contribution in [-0.2, 0) is 15.8 Å². The number of rotatable bonds is 8. The number of carbonyl (C=O) groups is 1. The Kier molecular flexibility index (Phi) is 7.26. The van der Waals surface area contributed by atoms with Gasteiger partial charge in [0.15, 0.2) is 0 Å². The molecule has 3 aromatic rings. The maximum Gasteiger partial charge on any atom is 0.336 e. The summed E-state index contributed by atoms with van der Waals surface area (Å²) in [6.07, 6.45) is 1.46. The SMILES string of the molecule is Cc1ccc(CSc2ccc(NS(=O)(=O)c3ccc(C(C)C)c(C(=O)O)c3)cn2)c(C)c1. The summed E-state index contributed by atoms with van der Waals surface area (Å²) in [5.41, 5.74) is 4.56. The first-order chi connectivity index (χ1) is 15.1. The van der Waals surface area contributed by atoms with E-state index in [1.54, 1.807) is 30.0 Å². The number of anilines is 1. The normalized spacial score (nSPS) is 11.5. The van der Waals surface area contributed by atoms with Crippen LogP contribution in [0.1, 0.15) is 52.4 Å². The predicted octanol–water partition coefficient (Wildman–Crippen LogP) is 5.61. The molecule has 2 aromatic carbocycles. The minimum Gasteiger partial charge on any atom is -0.478 e. The number of thioether (sulfide) groups is 1. The van der Waals surface area contributed by atoms with Crippen LogP contribution in [0.15, 0.2) is 64.6 Å². The zero-order valence-corrected chi connectivity index (χ0v) is 20.0. The van der Waals surface area contributed by atoms with E-state index in [0.717, 1.165) is 10.8 Å². The highest BCUT2D eigenvalue weighted by molar-refractivity contribution is 7.98. The second kappa shape index (κ2) is 9.75. The molecular formula is C24H26N2O4S2. The average molecular weight is 471 g/mol. The predicted molar refractivity (Wildman–Crippen MR) is 128 cm³/mol. The van der Waals surface area contributed by atoms with Crippen molar-refractivity contribution in [2.75, 3.05) is 4.72 Å². The van der Waals surface area contributed by atoms with Gasteiger partial charge in [-0.2, -0.15) is 0 Å². The smallest absolute Gasteiger partial charge is 0.336 e. The first-order valence-electron chi connectivity index (χ1n) is 10.1. The number of benzene rings is 2. The van der Waals surface area contributed by atoms with E-state index in [0.29, 0.717) is 11.3 Å². The Morgan fingerprint density at radius 1 is 1.09 bits per heavy atom. The minimum absolute atomic E-state index is 0.0147. The molecular weight excluding hydrogens is 444 g/mol. The maximum absolute atomic E-state index is 12.8. The van der Waals surface area contributed by atoms with E-state index < -0.39 is 16.0 Å². The fourth-order valence-electron chi connectivity index (χ4n) is 3.29. The largest absolute Gasteiger partial charge is 0.478 e. The number of aromatic nitrogens is 1. The fourth-order valence-corrected chi connectivity index (χ4v) is 5.28. The molecule has 0 saturated heterocycles. The Labute approximate surface area is 193 Å². The van der Waals surface area contributed by atoms with Crippen molar-refractivity contribution in [3.05, 3.63) is 82.5 Å². The molecule has 0 saturated carbocycles. The third kappa shape index (κ3) is 5.69. The van der Waals surface area contributed by atoms with Crippen LogP contribution in [0.3, 0.4) is 0 Å². The van der Waals surface area contributed by atoms with E-state index in [1.165, 1.54) is 35.0 Å². The number of carboxylic acid groups (broad SMARTS) is 1. The molecule has 6 nitrogen and oxygen atoms in total. The summed E-state index contributed by atoms with van der Waals surface area (Å²) in [4.78, 5) is 15.8. The van der Waals surface area contributed by atoms with Gasteiger partial charge in [-0.25, -0.2) is 18.2 Å². The van der Waals surface area contributed by atoms with Crippen molar-refractivity contribution >= 4 is 33.4 Å². The maximum atomic E-state index is 12.8. The minimum atomic E-state index is -3.95. The van der Waals surface area contributed by atoms with Gasteiger partial charge in [0, 0.05) is 5.75 Å². The molecule has 0 aliphatic rings.